The molecule has 1 unspecified atom stereocenters. The fraction of sp³-hybridized carbons (Fsp3) is 0.240. The van der Waals surface area contributed by atoms with Crippen LogP contribution in [-0.4, -0.2) is 16.2 Å². The SMILES string of the molecule is CC(C)CC(C(=O)O)c1cc(-c2ccc(O)cc2)cc(-c2ccc(C(F)(F)F)cc2)c1. The summed E-state index contributed by atoms with van der Waals surface area (Å²) in [5, 5.41) is 19.4. The zero-order valence-electron chi connectivity index (χ0n) is 17.1. The van der Waals surface area contributed by atoms with E-state index in [0.717, 1.165) is 23.3 Å². The van der Waals surface area contributed by atoms with Crippen molar-refractivity contribution in [3.8, 4) is 28.0 Å². The standard InChI is InChI=1S/C25H23F3O3/c1-15(2)11-23(24(30)31)20-13-18(16-3-7-21(8-4-16)25(26,27)28)12-19(14-20)17-5-9-22(29)10-6-17/h3-10,12-15,23,29H,11H2,1-2H3,(H,30,31). The van der Waals surface area contributed by atoms with E-state index in [1.165, 1.54) is 24.3 Å². The smallest absolute Gasteiger partial charge is 0.416 e. The molecule has 6 heteroatoms. The number of benzene rings is 3. The van der Waals surface area contributed by atoms with Gasteiger partial charge in [0.25, 0.3) is 0 Å². The summed E-state index contributed by atoms with van der Waals surface area (Å²) in [6, 6.07) is 16.6. The molecular formula is C25H23F3O3. The molecule has 0 spiro atoms. The summed E-state index contributed by atoms with van der Waals surface area (Å²) in [5.74, 6) is -1.45. The van der Waals surface area contributed by atoms with Crippen LogP contribution in [0.5, 0.6) is 5.75 Å². The lowest BCUT2D eigenvalue weighted by Crippen LogP contribution is -2.14. The maximum absolute atomic E-state index is 12.9. The van der Waals surface area contributed by atoms with E-state index >= 15 is 0 Å². The number of hydrogen-bond acceptors (Lipinski definition) is 2. The number of rotatable bonds is 6. The number of aromatic hydroxyl groups is 1. The molecule has 0 aliphatic carbocycles. The van der Waals surface area contributed by atoms with Gasteiger partial charge in [-0.25, -0.2) is 0 Å². The lowest BCUT2D eigenvalue weighted by atomic mass is 9.86. The molecule has 0 saturated carbocycles. The van der Waals surface area contributed by atoms with Crippen LogP contribution in [0.25, 0.3) is 22.3 Å². The third-order valence-electron chi connectivity index (χ3n) is 5.11. The van der Waals surface area contributed by atoms with Crippen molar-refractivity contribution in [2.45, 2.75) is 32.4 Å². The summed E-state index contributed by atoms with van der Waals surface area (Å²) in [7, 11) is 0. The second-order valence-corrected chi connectivity index (χ2v) is 7.99. The number of phenols is 1. The molecule has 0 radical (unpaired) electrons. The molecule has 0 aliphatic heterocycles. The first kappa shape index (κ1) is 22.4. The Bertz CT molecular complexity index is 1050. The van der Waals surface area contributed by atoms with Crippen molar-refractivity contribution >= 4 is 5.97 Å². The Kier molecular flexibility index (Phi) is 6.39. The predicted molar refractivity (Wildman–Crippen MR) is 114 cm³/mol. The highest BCUT2D eigenvalue weighted by molar-refractivity contribution is 5.80. The molecule has 1 atom stereocenters. The molecule has 3 nitrogen and oxygen atoms in total. The predicted octanol–water partition coefficient (Wildman–Crippen LogP) is 6.96. The lowest BCUT2D eigenvalue weighted by molar-refractivity contribution is -0.139. The van der Waals surface area contributed by atoms with E-state index in [1.54, 1.807) is 24.3 Å². The molecule has 0 saturated heterocycles. The van der Waals surface area contributed by atoms with Crippen LogP contribution < -0.4 is 0 Å². The van der Waals surface area contributed by atoms with Crippen LogP contribution in [0.4, 0.5) is 13.2 Å². The lowest BCUT2D eigenvalue weighted by Gasteiger charge is -2.18. The van der Waals surface area contributed by atoms with Gasteiger partial charge >= 0.3 is 12.1 Å². The van der Waals surface area contributed by atoms with Crippen LogP contribution in [0, 0.1) is 5.92 Å². The van der Waals surface area contributed by atoms with Gasteiger partial charge in [0.1, 0.15) is 5.75 Å². The topological polar surface area (TPSA) is 57.5 Å². The van der Waals surface area contributed by atoms with Gasteiger partial charge in [-0.05, 0) is 70.5 Å². The average molecular weight is 428 g/mol. The van der Waals surface area contributed by atoms with Crippen molar-refractivity contribution < 1.29 is 28.2 Å². The third-order valence-corrected chi connectivity index (χ3v) is 5.11. The van der Waals surface area contributed by atoms with Gasteiger partial charge in [-0.15, -0.1) is 0 Å². The summed E-state index contributed by atoms with van der Waals surface area (Å²) in [6.07, 6.45) is -4.00. The molecule has 3 aromatic rings. The Morgan fingerprint density at radius 3 is 1.74 bits per heavy atom. The van der Waals surface area contributed by atoms with E-state index < -0.39 is 23.6 Å². The van der Waals surface area contributed by atoms with Gasteiger partial charge in [-0.3, -0.25) is 4.79 Å². The Labute approximate surface area is 178 Å². The van der Waals surface area contributed by atoms with Crippen molar-refractivity contribution in [1.29, 1.82) is 0 Å². The molecule has 31 heavy (non-hydrogen) atoms. The van der Waals surface area contributed by atoms with Crippen LogP contribution in [-0.2, 0) is 11.0 Å². The van der Waals surface area contributed by atoms with Crippen molar-refractivity contribution in [1.82, 2.24) is 0 Å². The Morgan fingerprint density at radius 2 is 1.32 bits per heavy atom. The number of carboxylic acid groups (broad SMARTS) is 1. The van der Waals surface area contributed by atoms with Gasteiger partial charge in [-0.2, -0.15) is 13.2 Å². The van der Waals surface area contributed by atoms with Crippen molar-refractivity contribution in [2.75, 3.05) is 0 Å². The fourth-order valence-electron chi connectivity index (χ4n) is 3.54. The molecule has 0 fully saturated rings. The zero-order chi connectivity index (χ0) is 22.8. The molecule has 0 aliphatic rings. The van der Waals surface area contributed by atoms with Gasteiger partial charge in [0.2, 0.25) is 0 Å². The van der Waals surface area contributed by atoms with E-state index in [9.17, 15) is 28.2 Å². The quantitative estimate of drug-likeness (QED) is 0.446. The summed E-state index contributed by atoms with van der Waals surface area (Å²) in [6.45, 7) is 3.88. The molecule has 3 aromatic carbocycles. The number of carboxylic acids is 1. The molecule has 0 amide bonds. The summed E-state index contributed by atoms with van der Waals surface area (Å²) in [5.41, 5.74) is 2.52. The van der Waals surface area contributed by atoms with E-state index in [0.29, 0.717) is 23.1 Å². The molecule has 3 rings (SSSR count). The van der Waals surface area contributed by atoms with Crippen LogP contribution >= 0.6 is 0 Å². The molecule has 162 valence electrons. The van der Waals surface area contributed by atoms with Gasteiger partial charge < -0.3 is 10.2 Å². The highest BCUT2D eigenvalue weighted by atomic mass is 19.4. The average Bonchev–Trinajstić information content (AvgIpc) is 2.71. The van der Waals surface area contributed by atoms with Gasteiger partial charge in [0.05, 0.1) is 11.5 Å². The van der Waals surface area contributed by atoms with E-state index in [1.807, 2.05) is 19.9 Å². The Hall–Kier alpha value is -3.28. The fourth-order valence-corrected chi connectivity index (χ4v) is 3.54. The number of hydrogen-bond donors (Lipinski definition) is 2. The summed E-state index contributed by atoms with van der Waals surface area (Å²) in [4.78, 5) is 12.0. The number of carbonyl (C=O) groups is 1. The van der Waals surface area contributed by atoms with Crippen LogP contribution in [0.2, 0.25) is 0 Å². The van der Waals surface area contributed by atoms with Crippen molar-refractivity contribution in [3.63, 3.8) is 0 Å². The van der Waals surface area contributed by atoms with Gasteiger partial charge in [0.15, 0.2) is 0 Å². The molecule has 2 N–H and O–H groups in total. The second-order valence-electron chi connectivity index (χ2n) is 7.99. The molecule has 0 aromatic heterocycles. The second kappa shape index (κ2) is 8.84. The number of halogens is 3. The molecule has 0 bridgehead atoms. The number of alkyl halides is 3. The maximum Gasteiger partial charge on any atom is 0.416 e. The number of aliphatic carboxylic acids is 1. The zero-order valence-corrected chi connectivity index (χ0v) is 17.1. The highest BCUT2D eigenvalue weighted by Gasteiger charge is 2.30. The minimum atomic E-state index is -4.43. The maximum atomic E-state index is 12.9. The first-order valence-corrected chi connectivity index (χ1v) is 9.89. The normalized spacial score (nSPS) is 12.7. The van der Waals surface area contributed by atoms with Gasteiger partial charge in [-0.1, -0.05) is 50.2 Å². The Morgan fingerprint density at radius 1 is 0.839 bits per heavy atom. The van der Waals surface area contributed by atoms with E-state index in [2.05, 4.69) is 0 Å². The van der Waals surface area contributed by atoms with E-state index in [4.69, 9.17) is 0 Å². The van der Waals surface area contributed by atoms with Crippen LogP contribution in [0.15, 0.2) is 66.7 Å². The Balaban J connectivity index is 2.14. The van der Waals surface area contributed by atoms with Crippen LogP contribution in [0.1, 0.15) is 37.3 Å². The van der Waals surface area contributed by atoms with Crippen LogP contribution in [0.3, 0.4) is 0 Å². The number of phenolic OH excluding ortho intramolecular Hbond substituents is 1. The van der Waals surface area contributed by atoms with E-state index in [-0.39, 0.29) is 11.7 Å². The largest absolute Gasteiger partial charge is 0.508 e. The minimum absolute atomic E-state index is 0.103. The van der Waals surface area contributed by atoms with Crippen molar-refractivity contribution in [2.24, 2.45) is 5.92 Å². The monoisotopic (exact) mass is 428 g/mol. The first-order valence-electron chi connectivity index (χ1n) is 9.89. The van der Waals surface area contributed by atoms with Gasteiger partial charge in [0, 0.05) is 0 Å². The third kappa shape index (κ3) is 5.45. The summed E-state index contributed by atoms with van der Waals surface area (Å²) < 4.78 is 38.8. The summed E-state index contributed by atoms with van der Waals surface area (Å²) >= 11 is 0. The minimum Gasteiger partial charge on any atom is -0.508 e. The molecule has 0 heterocycles. The first-order chi connectivity index (χ1) is 14.5. The molecular weight excluding hydrogens is 405 g/mol. The highest BCUT2D eigenvalue weighted by Crippen LogP contribution is 2.36. The van der Waals surface area contributed by atoms with Crippen molar-refractivity contribution in [3.05, 3.63) is 77.9 Å².